The van der Waals surface area contributed by atoms with Gasteiger partial charge in [-0.3, -0.25) is 4.72 Å². The van der Waals surface area contributed by atoms with Crippen molar-refractivity contribution in [1.82, 2.24) is 0 Å². The van der Waals surface area contributed by atoms with Crippen molar-refractivity contribution in [1.29, 1.82) is 0 Å². The van der Waals surface area contributed by atoms with E-state index in [4.69, 9.17) is 4.74 Å². The van der Waals surface area contributed by atoms with Crippen molar-refractivity contribution in [3.63, 3.8) is 0 Å². The van der Waals surface area contributed by atoms with Gasteiger partial charge < -0.3 is 4.74 Å². The minimum absolute atomic E-state index is 0.0117. The highest BCUT2D eigenvalue weighted by Gasteiger charge is 2.31. The van der Waals surface area contributed by atoms with Crippen LogP contribution < -0.4 is 9.46 Å². The van der Waals surface area contributed by atoms with Crippen LogP contribution >= 0.6 is 0 Å². The summed E-state index contributed by atoms with van der Waals surface area (Å²) in [7, 11) is -2.85. The average molecular weight is 381 g/mol. The van der Waals surface area contributed by atoms with E-state index in [0.717, 1.165) is 17.5 Å². The molecule has 0 fully saturated rings. The third-order valence-electron chi connectivity index (χ3n) is 3.80. The van der Waals surface area contributed by atoms with Crippen molar-refractivity contribution in [3.8, 4) is 5.75 Å². The molecule has 4 nitrogen and oxygen atoms in total. The van der Waals surface area contributed by atoms with Gasteiger partial charge in [-0.25, -0.2) is 8.42 Å². The lowest BCUT2D eigenvalue weighted by molar-refractivity contribution is -0.137. The molecule has 0 radical (unpaired) electrons. The van der Waals surface area contributed by atoms with E-state index in [1.807, 2.05) is 12.1 Å². The Bertz CT molecular complexity index is 1060. The number of sulfonamides is 1. The second kappa shape index (κ2) is 6.53. The van der Waals surface area contributed by atoms with Crippen LogP contribution in [0.25, 0.3) is 10.8 Å². The number of alkyl halides is 3. The molecule has 0 atom stereocenters. The number of ether oxygens (including phenoxy) is 1. The molecule has 0 spiro atoms. The van der Waals surface area contributed by atoms with Gasteiger partial charge in [-0.15, -0.1) is 0 Å². The van der Waals surface area contributed by atoms with Crippen molar-refractivity contribution in [2.75, 3.05) is 11.8 Å². The predicted octanol–water partition coefficient (Wildman–Crippen LogP) is 4.67. The van der Waals surface area contributed by atoms with Gasteiger partial charge in [-0.2, -0.15) is 13.2 Å². The number of anilines is 1. The Morgan fingerprint density at radius 3 is 2.27 bits per heavy atom. The number of fused-ring (bicyclic) bond motifs is 1. The Labute approximate surface area is 148 Å². The number of hydrogen-bond acceptors (Lipinski definition) is 3. The van der Waals surface area contributed by atoms with Gasteiger partial charge in [0.1, 0.15) is 5.75 Å². The van der Waals surface area contributed by atoms with E-state index in [2.05, 4.69) is 4.72 Å². The second-order valence-corrected chi connectivity index (χ2v) is 7.21. The molecule has 8 heteroatoms. The zero-order chi connectivity index (χ0) is 18.9. The lowest BCUT2D eigenvalue weighted by Gasteiger charge is -2.15. The summed E-state index contributed by atoms with van der Waals surface area (Å²) < 4.78 is 71.1. The standard InChI is InChI=1S/C18H14F3NO3S/c1-25-17-9-7-14(18(19,20)21)11-16(17)22-26(23,24)15-8-6-12-4-2-3-5-13(12)10-15/h2-11,22H,1H3. The molecule has 0 aliphatic heterocycles. The maximum absolute atomic E-state index is 12.9. The average Bonchev–Trinajstić information content (AvgIpc) is 2.60. The van der Waals surface area contributed by atoms with Crippen LogP contribution in [0.3, 0.4) is 0 Å². The fourth-order valence-electron chi connectivity index (χ4n) is 2.50. The molecular formula is C18H14F3NO3S. The summed E-state index contributed by atoms with van der Waals surface area (Å²) >= 11 is 0. The maximum Gasteiger partial charge on any atom is 0.416 e. The van der Waals surface area contributed by atoms with E-state index < -0.39 is 21.8 Å². The van der Waals surface area contributed by atoms with E-state index in [0.29, 0.717) is 11.5 Å². The van der Waals surface area contributed by atoms with Crippen molar-refractivity contribution in [2.24, 2.45) is 0 Å². The molecule has 0 saturated carbocycles. The first-order valence-corrected chi connectivity index (χ1v) is 8.96. The van der Waals surface area contributed by atoms with Crippen molar-refractivity contribution in [2.45, 2.75) is 11.1 Å². The highest BCUT2D eigenvalue weighted by Crippen LogP contribution is 2.36. The molecule has 0 amide bonds. The van der Waals surface area contributed by atoms with E-state index >= 15 is 0 Å². The molecule has 3 aromatic carbocycles. The number of hydrogen-bond donors (Lipinski definition) is 1. The van der Waals surface area contributed by atoms with Gasteiger partial charge in [-0.05, 0) is 41.1 Å². The van der Waals surface area contributed by atoms with Gasteiger partial charge >= 0.3 is 6.18 Å². The Morgan fingerprint density at radius 2 is 1.62 bits per heavy atom. The number of methoxy groups -OCH3 is 1. The molecule has 3 aromatic rings. The molecule has 0 bridgehead atoms. The monoisotopic (exact) mass is 381 g/mol. The normalized spacial score (nSPS) is 12.2. The topological polar surface area (TPSA) is 55.4 Å². The van der Waals surface area contributed by atoms with E-state index in [-0.39, 0.29) is 16.3 Å². The molecular weight excluding hydrogens is 367 g/mol. The molecule has 0 saturated heterocycles. The van der Waals surface area contributed by atoms with E-state index in [1.54, 1.807) is 18.2 Å². The van der Waals surface area contributed by atoms with Crippen LogP contribution in [0.2, 0.25) is 0 Å². The number of halogens is 3. The highest BCUT2D eigenvalue weighted by molar-refractivity contribution is 7.92. The Hall–Kier alpha value is -2.74. The van der Waals surface area contributed by atoms with Crippen LogP contribution in [0.15, 0.2) is 65.6 Å². The summed E-state index contributed by atoms with van der Waals surface area (Å²) in [5.74, 6) is -0.0117. The molecule has 0 aromatic heterocycles. The first kappa shape index (κ1) is 18.1. The Balaban J connectivity index is 2.03. The molecule has 1 N–H and O–H groups in total. The molecule has 0 heterocycles. The fraction of sp³-hybridized carbons (Fsp3) is 0.111. The molecule has 0 aliphatic rings. The van der Waals surface area contributed by atoms with Crippen LogP contribution in [0.5, 0.6) is 5.75 Å². The maximum atomic E-state index is 12.9. The van der Waals surface area contributed by atoms with Gasteiger partial charge in [0.25, 0.3) is 10.0 Å². The smallest absolute Gasteiger partial charge is 0.416 e. The van der Waals surface area contributed by atoms with E-state index in [1.165, 1.54) is 19.2 Å². The van der Waals surface area contributed by atoms with Crippen LogP contribution in [0.4, 0.5) is 18.9 Å². The van der Waals surface area contributed by atoms with Gasteiger partial charge in [0, 0.05) is 0 Å². The fourth-order valence-corrected chi connectivity index (χ4v) is 3.60. The quantitative estimate of drug-likeness (QED) is 0.715. The van der Waals surface area contributed by atoms with Crippen molar-refractivity contribution in [3.05, 3.63) is 66.2 Å². The minimum atomic E-state index is -4.60. The highest BCUT2D eigenvalue weighted by atomic mass is 32.2. The van der Waals surface area contributed by atoms with E-state index in [9.17, 15) is 21.6 Å². The number of benzene rings is 3. The SMILES string of the molecule is COc1ccc(C(F)(F)F)cc1NS(=O)(=O)c1ccc2ccccc2c1. The predicted molar refractivity (Wildman–Crippen MR) is 92.8 cm³/mol. The van der Waals surface area contributed by atoms with Gasteiger partial charge in [0.15, 0.2) is 0 Å². The zero-order valence-electron chi connectivity index (χ0n) is 13.5. The number of rotatable bonds is 4. The second-order valence-electron chi connectivity index (χ2n) is 5.53. The Morgan fingerprint density at radius 1 is 0.923 bits per heavy atom. The third kappa shape index (κ3) is 3.60. The minimum Gasteiger partial charge on any atom is -0.495 e. The van der Waals surface area contributed by atoms with Crippen molar-refractivity contribution < 1.29 is 26.3 Å². The largest absolute Gasteiger partial charge is 0.495 e. The molecule has 0 unspecified atom stereocenters. The first-order valence-electron chi connectivity index (χ1n) is 7.47. The number of nitrogens with one attached hydrogen (secondary N) is 1. The molecule has 26 heavy (non-hydrogen) atoms. The summed E-state index contributed by atoms with van der Waals surface area (Å²) in [6.45, 7) is 0. The summed E-state index contributed by atoms with van der Waals surface area (Å²) in [6.07, 6.45) is -4.60. The van der Waals surface area contributed by atoms with Crippen LogP contribution in [0, 0.1) is 0 Å². The summed E-state index contributed by atoms with van der Waals surface area (Å²) in [5, 5.41) is 1.55. The van der Waals surface area contributed by atoms with Gasteiger partial charge in [0.05, 0.1) is 23.3 Å². The third-order valence-corrected chi connectivity index (χ3v) is 5.17. The van der Waals surface area contributed by atoms with Gasteiger partial charge in [0.2, 0.25) is 0 Å². The zero-order valence-corrected chi connectivity index (χ0v) is 14.4. The van der Waals surface area contributed by atoms with Crippen molar-refractivity contribution >= 4 is 26.5 Å². The summed E-state index contributed by atoms with van der Waals surface area (Å²) in [5.41, 5.74) is -1.26. The first-order chi connectivity index (χ1) is 12.2. The van der Waals surface area contributed by atoms with Crippen LogP contribution in [0.1, 0.15) is 5.56 Å². The molecule has 0 aliphatic carbocycles. The van der Waals surface area contributed by atoms with Gasteiger partial charge in [-0.1, -0.05) is 30.3 Å². The van der Waals surface area contributed by atoms with Crippen LogP contribution in [-0.2, 0) is 16.2 Å². The summed E-state index contributed by atoms with van der Waals surface area (Å²) in [4.78, 5) is -0.0596. The molecule has 136 valence electrons. The Kier molecular flexibility index (Phi) is 4.53. The van der Waals surface area contributed by atoms with Crippen LogP contribution in [-0.4, -0.2) is 15.5 Å². The lowest BCUT2D eigenvalue weighted by atomic mass is 10.1. The lowest BCUT2D eigenvalue weighted by Crippen LogP contribution is -2.15. The molecule has 3 rings (SSSR count). The summed E-state index contributed by atoms with van der Waals surface area (Å²) in [6, 6.07) is 14.2.